The van der Waals surface area contributed by atoms with Crippen molar-refractivity contribution in [2.24, 2.45) is 5.73 Å². The topological polar surface area (TPSA) is 63.3 Å². The lowest BCUT2D eigenvalue weighted by Crippen LogP contribution is -2.32. The van der Waals surface area contributed by atoms with Crippen molar-refractivity contribution in [3.63, 3.8) is 0 Å². The molecule has 0 amide bonds. The summed E-state index contributed by atoms with van der Waals surface area (Å²) in [5, 5.41) is 8.50. The molecular weight excluding hydrogens is 197 g/mol. The quantitative estimate of drug-likeness (QED) is 0.804. The smallest absolute Gasteiger partial charge is 0.320 e. The highest BCUT2D eigenvalue weighted by Gasteiger charge is 2.11. The molecule has 0 heterocycles. The van der Waals surface area contributed by atoms with Gasteiger partial charge in [0.2, 0.25) is 0 Å². The summed E-state index contributed by atoms with van der Waals surface area (Å²) in [4.78, 5) is 10.4. The summed E-state index contributed by atoms with van der Waals surface area (Å²) in [6.07, 6.45) is 0.218. The highest BCUT2D eigenvalue weighted by atomic mass is 19.1. The van der Waals surface area contributed by atoms with Gasteiger partial charge in [0.1, 0.15) is 11.9 Å². The van der Waals surface area contributed by atoms with E-state index in [1.807, 2.05) is 13.8 Å². The minimum Gasteiger partial charge on any atom is -0.480 e. The zero-order chi connectivity index (χ0) is 11.8. The van der Waals surface area contributed by atoms with Crippen molar-refractivity contribution in [2.75, 3.05) is 0 Å². The van der Waals surface area contributed by atoms with E-state index < -0.39 is 12.0 Å². The van der Waals surface area contributed by atoms with Gasteiger partial charge in [-0.1, -0.05) is 26.0 Å². The maximum atomic E-state index is 12.4. The Morgan fingerprint density at radius 2 is 1.87 bits per heavy atom. The average molecular weight is 213 g/mol. The fraction of sp³-hybridized carbons (Fsp3) is 0.364. The summed E-state index contributed by atoms with van der Waals surface area (Å²) < 4.78 is 12.4. The SMILES string of the molecule is CC.NC(Cc1ccc(F)cc1)C(=O)O. The summed E-state index contributed by atoms with van der Waals surface area (Å²) in [6.45, 7) is 4.00. The third-order valence-electron chi connectivity index (χ3n) is 1.69. The van der Waals surface area contributed by atoms with Gasteiger partial charge in [-0.05, 0) is 24.1 Å². The number of nitrogens with two attached hydrogens (primary N) is 1. The number of hydrogen-bond acceptors (Lipinski definition) is 2. The van der Waals surface area contributed by atoms with Crippen molar-refractivity contribution < 1.29 is 14.3 Å². The van der Waals surface area contributed by atoms with Crippen LogP contribution in [0.3, 0.4) is 0 Å². The summed E-state index contributed by atoms with van der Waals surface area (Å²) in [5.74, 6) is -1.39. The van der Waals surface area contributed by atoms with Gasteiger partial charge in [-0.15, -0.1) is 0 Å². The third-order valence-corrected chi connectivity index (χ3v) is 1.69. The van der Waals surface area contributed by atoms with Gasteiger partial charge in [-0.25, -0.2) is 4.39 Å². The van der Waals surface area contributed by atoms with E-state index in [9.17, 15) is 9.18 Å². The molecular formula is C11H16FNO2. The number of hydrogen-bond donors (Lipinski definition) is 2. The normalized spacial score (nSPS) is 11.2. The number of carboxylic acids is 1. The molecule has 0 spiro atoms. The molecule has 1 unspecified atom stereocenters. The molecule has 3 N–H and O–H groups in total. The maximum absolute atomic E-state index is 12.4. The van der Waals surface area contributed by atoms with Crippen molar-refractivity contribution in [2.45, 2.75) is 26.3 Å². The van der Waals surface area contributed by atoms with Gasteiger partial charge in [0, 0.05) is 0 Å². The Kier molecular flexibility index (Phi) is 6.29. The summed E-state index contributed by atoms with van der Waals surface area (Å²) in [6, 6.07) is 4.69. The number of aliphatic carboxylic acids is 1. The van der Waals surface area contributed by atoms with Crippen molar-refractivity contribution >= 4 is 5.97 Å². The minimum absolute atomic E-state index is 0.218. The molecule has 0 bridgehead atoms. The van der Waals surface area contributed by atoms with Gasteiger partial charge >= 0.3 is 5.97 Å². The molecule has 1 aromatic rings. The molecule has 0 aromatic heterocycles. The van der Waals surface area contributed by atoms with Crippen LogP contribution in [0, 0.1) is 5.82 Å². The molecule has 0 saturated heterocycles. The van der Waals surface area contributed by atoms with E-state index in [2.05, 4.69) is 0 Å². The van der Waals surface area contributed by atoms with Crippen LogP contribution in [0.25, 0.3) is 0 Å². The third kappa shape index (κ3) is 5.12. The van der Waals surface area contributed by atoms with E-state index in [1.165, 1.54) is 24.3 Å². The molecule has 0 fully saturated rings. The van der Waals surface area contributed by atoms with Gasteiger partial charge in [0.25, 0.3) is 0 Å². The number of carbonyl (C=O) groups is 1. The molecule has 84 valence electrons. The zero-order valence-corrected chi connectivity index (χ0v) is 8.90. The first kappa shape index (κ1) is 13.6. The predicted molar refractivity (Wildman–Crippen MR) is 57.1 cm³/mol. The molecule has 1 rings (SSSR count). The van der Waals surface area contributed by atoms with Crippen LogP contribution < -0.4 is 5.73 Å². The number of rotatable bonds is 3. The Morgan fingerprint density at radius 3 is 2.27 bits per heavy atom. The molecule has 0 radical (unpaired) electrons. The van der Waals surface area contributed by atoms with Crippen LogP contribution in [0.15, 0.2) is 24.3 Å². The maximum Gasteiger partial charge on any atom is 0.320 e. The molecule has 4 heteroatoms. The van der Waals surface area contributed by atoms with Crippen LogP contribution in [-0.2, 0) is 11.2 Å². The first-order chi connectivity index (χ1) is 7.09. The first-order valence-electron chi connectivity index (χ1n) is 4.82. The fourth-order valence-electron chi connectivity index (χ4n) is 0.962. The van der Waals surface area contributed by atoms with Crippen LogP contribution in [0.5, 0.6) is 0 Å². The lowest BCUT2D eigenvalue weighted by molar-refractivity contribution is -0.138. The Morgan fingerprint density at radius 1 is 1.40 bits per heavy atom. The summed E-state index contributed by atoms with van der Waals surface area (Å²) in [7, 11) is 0. The highest BCUT2D eigenvalue weighted by Crippen LogP contribution is 2.04. The van der Waals surface area contributed by atoms with E-state index >= 15 is 0 Å². The minimum atomic E-state index is -1.05. The number of benzene rings is 1. The van der Waals surface area contributed by atoms with E-state index in [-0.39, 0.29) is 12.2 Å². The molecule has 1 aromatic carbocycles. The van der Waals surface area contributed by atoms with Crippen LogP contribution in [0.4, 0.5) is 4.39 Å². The Labute approximate surface area is 88.7 Å². The molecule has 15 heavy (non-hydrogen) atoms. The first-order valence-corrected chi connectivity index (χ1v) is 4.82. The van der Waals surface area contributed by atoms with Gasteiger partial charge in [0.15, 0.2) is 0 Å². The second-order valence-electron chi connectivity index (χ2n) is 2.78. The molecule has 0 aliphatic rings. The number of carboxylic acid groups (broad SMARTS) is 1. The van der Waals surface area contributed by atoms with Crippen molar-refractivity contribution in [3.05, 3.63) is 35.6 Å². The number of halogens is 1. The Bertz CT molecular complexity index is 298. The van der Waals surface area contributed by atoms with E-state index in [0.717, 1.165) is 5.56 Å². The molecule has 0 saturated carbocycles. The van der Waals surface area contributed by atoms with Gasteiger partial charge in [-0.2, -0.15) is 0 Å². The van der Waals surface area contributed by atoms with Crippen molar-refractivity contribution in [3.8, 4) is 0 Å². The van der Waals surface area contributed by atoms with Crippen LogP contribution in [0.1, 0.15) is 19.4 Å². The largest absolute Gasteiger partial charge is 0.480 e. The molecule has 0 aliphatic heterocycles. The monoisotopic (exact) mass is 213 g/mol. The van der Waals surface area contributed by atoms with Gasteiger partial charge < -0.3 is 10.8 Å². The van der Waals surface area contributed by atoms with E-state index in [0.29, 0.717) is 0 Å². The predicted octanol–water partition coefficient (Wildman–Crippen LogP) is 1.81. The second-order valence-corrected chi connectivity index (χ2v) is 2.78. The lowest BCUT2D eigenvalue weighted by Gasteiger charge is -2.05. The summed E-state index contributed by atoms with van der Waals surface area (Å²) >= 11 is 0. The summed E-state index contributed by atoms with van der Waals surface area (Å²) in [5.41, 5.74) is 6.01. The van der Waals surface area contributed by atoms with Crippen LogP contribution in [0.2, 0.25) is 0 Å². The standard InChI is InChI=1S/C9H10FNO2.C2H6/c10-7-3-1-6(2-4-7)5-8(11)9(12)13;1-2/h1-4,8H,5,11H2,(H,12,13);1-2H3. The van der Waals surface area contributed by atoms with Gasteiger partial charge in [-0.3, -0.25) is 4.79 Å². The fourth-order valence-corrected chi connectivity index (χ4v) is 0.962. The van der Waals surface area contributed by atoms with Crippen LogP contribution >= 0.6 is 0 Å². The van der Waals surface area contributed by atoms with Crippen LogP contribution in [-0.4, -0.2) is 17.1 Å². The Hall–Kier alpha value is -1.42. The van der Waals surface area contributed by atoms with Crippen molar-refractivity contribution in [1.29, 1.82) is 0 Å². The highest BCUT2D eigenvalue weighted by molar-refractivity contribution is 5.73. The zero-order valence-electron chi connectivity index (χ0n) is 8.90. The average Bonchev–Trinajstić information content (AvgIpc) is 2.24. The lowest BCUT2D eigenvalue weighted by atomic mass is 10.1. The van der Waals surface area contributed by atoms with E-state index in [4.69, 9.17) is 10.8 Å². The molecule has 0 aliphatic carbocycles. The second kappa shape index (κ2) is 6.95. The molecule has 3 nitrogen and oxygen atoms in total. The van der Waals surface area contributed by atoms with E-state index in [1.54, 1.807) is 0 Å². The molecule has 1 atom stereocenters. The van der Waals surface area contributed by atoms with Gasteiger partial charge in [0.05, 0.1) is 0 Å². The Balaban J connectivity index is 0.000000921. The van der Waals surface area contributed by atoms with Crippen molar-refractivity contribution in [1.82, 2.24) is 0 Å².